The Morgan fingerprint density at radius 3 is 2.52 bits per heavy atom. The van der Waals surface area contributed by atoms with Crippen molar-refractivity contribution in [2.45, 2.75) is 6.92 Å². The van der Waals surface area contributed by atoms with E-state index in [4.69, 9.17) is 9.72 Å². The molecule has 27 heavy (non-hydrogen) atoms. The number of methoxy groups -OCH3 is 1. The Morgan fingerprint density at radius 1 is 1.04 bits per heavy atom. The van der Waals surface area contributed by atoms with E-state index in [0.29, 0.717) is 17.9 Å². The smallest absolute Gasteiger partial charge is 0.261 e. The average molecular weight is 360 g/mol. The Kier molecular flexibility index (Phi) is 4.24. The zero-order valence-electron chi connectivity index (χ0n) is 15.5. The molecular formula is C21H20N4O2. The molecule has 3 heterocycles. The number of fused-ring (bicyclic) bond motifs is 2. The van der Waals surface area contributed by atoms with Gasteiger partial charge in [0.25, 0.3) is 5.91 Å². The molecule has 6 nitrogen and oxygen atoms in total. The molecule has 3 aromatic rings. The summed E-state index contributed by atoms with van der Waals surface area (Å²) < 4.78 is 5.23. The number of benzene rings is 1. The number of hydrogen-bond donors (Lipinski definition) is 0. The third-order valence-electron chi connectivity index (χ3n) is 4.75. The van der Waals surface area contributed by atoms with E-state index in [1.807, 2.05) is 48.2 Å². The molecule has 0 saturated heterocycles. The maximum atomic E-state index is 12.9. The van der Waals surface area contributed by atoms with Crippen molar-refractivity contribution in [3.63, 3.8) is 0 Å². The number of pyridine rings is 2. The highest BCUT2D eigenvalue weighted by atomic mass is 16.5. The van der Waals surface area contributed by atoms with Crippen molar-refractivity contribution >= 4 is 23.2 Å². The summed E-state index contributed by atoms with van der Waals surface area (Å²) in [6.45, 7) is 2.68. The fourth-order valence-corrected chi connectivity index (χ4v) is 3.29. The molecule has 1 aliphatic heterocycles. The van der Waals surface area contributed by atoms with E-state index in [2.05, 4.69) is 4.98 Å². The Balaban J connectivity index is 1.88. The standard InChI is InChI=1S/C21H20N4O2/c1-4-25-19-16(6-5-13-22-19)21(26)24(2)18-12-11-17(23-20(18)25)14-7-9-15(27-3)10-8-14/h5-13H,4H2,1-3H3. The van der Waals surface area contributed by atoms with E-state index >= 15 is 0 Å². The van der Waals surface area contributed by atoms with Crippen LogP contribution < -0.4 is 14.5 Å². The van der Waals surface area contributed by atoms with Crippen LogP contribution in [0.5, 0.6) is 5.75 Å². The van der Waals surface area contributed by atoms with Gasteiger partial charge in [-0.2, -0.15) is 0 Å². The third-order valence-corrected chi connectivity index (χ3v) is 4.75. The van der Waals surface area contributed by atoms with Crippen LogP contribution in [-0.2, 0) is 0 Å². The number of rotatable bonds is 3. The van der Waals surface area contributed by atoms with E-state index in [-0.39, 0.29) is 5.91 Å². The van der Waals surface area contributed by atoms with Gasteiger partial charge in [-0.15, -0.1) is 0 Å². The van der Waals surface area contributed by atoms with Crippen LogP contribution in [-0.4, -0.2) is 36.6 Å². The second-order valence-corrected chi connectivity index (χ2v) is 6.25. The molecule has 0 bridgehead atoms. The maximum Gasteiger partial charge on any atom is 0.261 e. The van der Waals surface area contributed by atoms with Gasteiger partial charge >= 0.3 is 0 Å². The topological polar surface area (TPSA) is 58.6 Å². The lowest BCUT2D eigenvalue weighted by Gasteiger charge is -2.23. The summed E-state index contributed by atoms with van der Waals surface area (Å²) in [6, 6.07) is 15.2. The molecule has 0 N–H and O–H groups in total. The molecular weight excluding hydrogens is 340 g/mol. The molecule has 0 spiro atoms. The van der Waals surface area contributed by atoms with E-state index in [9.17, 15) is 4.79 Å². The van der Waals surface area contributed by atoms with Gasteiger partial charge in [-0.25, -0.2) is 9.97 Å². The number of hydrogen-bond acceptors (Lipinski definition) is 5. The summed E-state index contributed by atoms with van der Waals surface area (Å²) in [5, 5.41) is 0. The van der Waals surface area contributed by atoms with Crippen molar-refractivity contribution < 1.29 is 9.53 Å². The fraction of sp³-hybridized carbons (Fsp3) is 0.190. The lowest BCUT2D eigenvalue weighted by molar-refractivity contribution is 0.0994. The van der Waals surface area contributed by atoms with Gasteiger partial charge < -0.3 is 14.5 Å². The van der Waals surface area contributed by atoms with Gasteiger partial charge in [-0.3, -0.25) is 4.79 Å². The second-order valence-electron chi connectivity index (χ2n) is 6.25. The highest BCUT2D eigenvalue weighted by Gasteiger charge is 2.30. The van der Waals surface area contributed by atoms with Gasteiger partial charge in [0.2, 0.25) is 0 Å². The van der Waals surface area contributed by atoms with Crippen molar-refractivity contribution in [2.75, 3.05) is 30.5 Å². The Labute approximate surface area is 158 Å². The molecule has 0 atom stereocenters. The largest absolute Gasteiger partial charge is 0.497 e. The number of nitrogens with zero attached hydrogens (tertiary/aromatic N) is 4. The average Bonchev–Trinajstić information content (AvgIpc) is 2.81. The molecule has 2 aromatic heterocycles. The van der Waals surface area contributed by atoms with Gasteiger partial charge in [0.1, 0.15) is 11.6 Å². The number of aromatic nitrogens is 2. The van der Waals surface area contributed by atoms with Crippen molar-refractivity contribution in [1.29, 1.82) is 0 Å². The molecule has 1 aliphatic rings. The molecule has 0 radical (unpaired) electrons. The van der Waals surface area contributed by atoms with Crippen LogP contribution >= 0.6 is 0 Å². The van der Waals surface area contributed by atoms with Gasteiger partial charge in [0.05, 0.1) is 24.1 Å². The summed E-state index contributed by atoms with van der Waals surface area (Å²) in [4.78, 5) is 25.9. The molecule has 4 rings (SSSR count). The Morgan fingerprint density at radius 2 is 1.81 bits per heavy atom. The Hall–Kier alpha value is -3.41. The zero-order chi connectivity index (χ0) is 19.0. The van der Waals surface area contributed by atoms with E-state index < -0.39 is 0 Å². The minimum Gasteiger partial charge on any atom is -0.497 e. The first-order chi connectivity index (χ1) is 13.1. The molecule has 0 saturated carbocycles. The number of amides is 1. The molecule has 0 fully saturated rings. The van der Waals surface area contributed by atoms with Gasteiger partial charge in [-0.1, -0.05) is 0 Å². The highest BCUT2D eigenvalue weighted by molar-refractivity contribution is 6.12. The van der Waals surface area contributed by atoms with Crippen molar-refractivity contribution in [2.24, 2.45) is 0 Å². The zero-order valence-corrected chi connectivity index (χ0v) is 15.5. The van der Waals surface area contributed by atoms with Gasteiger partial charge in [0.15, 0.2) is 5.82 Å². The van der Waals surface area contributed by atoms with Crippen molar-refractivity contribution in [3.8, 4) is 17.0 Å². The number of anilines is 3. The third kappa shape index (κ3) is 2.79. The summed E-state index contributed by atoms with van der Waals surface area (Å²) in [5.74, 6) is 2.07. The van der Waals surface area contributed by atoms with Gasteiger partial charge in [-0.05, 0) is 55.5 Å². The van der Waals surface area contributed by atoms with Gasteiger partial charge in [0, 0.05) is 25.4 Å². The number of carbonyl (C=O) groups is 1. The maximum absolute atomic E-state index is 12.9. The summed E-state index contributed by atoms with van der Waals surface area (Å²) in [7, 11) is 3.41. The van der Waals surface area contributed by atoms with Crippen LogP contribution in [0.3, 0.4) is 0 Å². The SMILES string of the molecule is CCN1c2ncccc2C(=O)N(C)c2ccc(-c3ccc(OC)cc3)nc21. The summed E-state index contributed by atoms with van der Waals surface area (Å²) >= 11 is 0. The molecule has 0 unspecified atom stereocenters. The van der Waals surface area contributed by atoms with Crippen LogP contribution in [0.2, 0.25) is 0 Å². The van der Waals surface area contributed by atoms with Crippen LogP contribution in [0.15, 0.2) is 54.7 Å². The first-order valence-electron chi connectivity index (χ1n) is 8.80. The monoisotopic (exact) mass is 360 g/mol. The minimum atomic E-state index is -0.0886. The first-order valence-corrected chi connectivity index (χ1v) is 8.80. The predicted molar refractivity (Wildman–Crippen MR) is 106 cm³/mol. The van der Waals surface area contributed by atoms with Crippen LogP contribution in [0.25, 0.3) is 11.3 Å². The van der Waals surface area contributed by atoms with Crippen LogP contribution in [0.1, 0.15) is 17.3 Å². The lowest BCUT2D eigenvalue weighted by atomic mass is 10.1. The quantitative estimate of drug-likeness (QED) is 0.709. The molecule has 1 amide bonds. The normalized spacial score (nSPS) is 13.1. The highest BCUT2D eigenvalue weighted by Crippen LogP contribution is 2.38. The summed E-state index contributed by atoms with van der Waals surface area (Å²) in [6.07, 6.45) is 1.70. The molecule has 136 valence electrons. The molecule has 0 aliphatic carbocycles. The molecule has 6 heteroatoms. The predicted octanol–water partition coefficient (Wildman–Crippen LogP) is 3.90. The Bertz CT molecular complexity index is 1000. The molecule has 1 aromatic carbocycles. The van der Waals surface area contributed by atoms with E-state index in [0.717, 1.165) is 28.5 Å². The number of ether oxygens (including phenoxy) is 1. The first kappa shape index (κ1) is 17.0. The lowest BCUT2D eigenvalue weighted by Crippen LogP contribution is -2.25. The van der Waals surface area contributed by atoms with Crippen LogP contribution in [0.4, 0.5) is 17.3 Å². The fourth-order valence-electron chi connectivity index (χ4n) is 3.29. The summed E-state index contributed by atoms with van der Waals surface area (Å²) in [5.41, 5.74) is 3.15. The van der Waals surface area contributed by atoms with Crippen LogP contribution in [0, 0.1) is 0 Å². The van der Waals surface area contributed by atoms with Crippen molar-refractivity contribution in [3.05, 3.63) is 60.3 Å². The van der Waals surface area contributed by atoms with E-state index in [1.54, 1.807) is 37.4 Å². The van der Waals surface area contributed by atoms with Crippen molar-refractivity contribution in [1.82, 2.24) is 9.97 Å². The number of carbonyl (C=O) groups excluding carboxylic acids is 1. The minimum absolute atomic E-state index is 0.0886. The van der Waals surface area contributed by atoms with E-state index in [1.165, 1.54) is 0 Å². The second kappa shape index (κ2) is 6.72.